The summed E-state index contributed by atoms with van der Waals surface area (Å²) in [7, 11) is 0. The smallest absolute Gasteiger partial charge is 0.308 e. The second kappa shape index (κ2) is 8.62. The molecule has 27 heavy (non-hydrogen) atoms. The molecule has 0 bridgehead atoms. The molecule has 0 saturated heterocycles. The van der Waals surface area contributed by atoms with Crippen LogP contribution in [0.5, 0.6) is 5.75 Å². The lowest BCUT2D eigenvalue weighted by Crippen LogP contribution is -2.26. The molecule has 0 unspecified atom stereocenters. The van der Waals surface area contributed by atoms with E-state index in [2.05, 4.69) is 15.8 Å². The Labute approximate surface area is 156 Å². The number of fused-ring (bicyclic) bond motifs is 1. The molecule has 1 amide bonds. The number of esters is 1. The third-order valence-corrected chi connectivity index (χ3v) is 3.79. The lowest BCUT2D eigenvalue weighted by molar-refractivity contribution is -0.131. The lowest BCUT2D eigenvalue weighted by atomic mass is 10.1. The van der Waals surface area contributed by atoms with E-state index >= 15 is 0 Å². The van der Waals surface area contributed by atoms with E-state index in [1.807, 2.05) is 42.5 Å². The van der Waals surface area contributed by atoms with Crippen molar-refractivity contribution in [2.45, 2.75) is 6.92 Å². The van der Waals surface area contributed by atoms with Crippen LogP contribution < -0.4 is 15.5 Å². The molecule has 0 atom stereocenters. The zero-order valence-electron chi connectivity index (χ0n) is 14.8. The van der Waals surface area contributed by atoms with Crippen molar-refractivity contribution in [3.05, 3.63) is 72.3 Å². The fraction of sp³-hybridized carbons (Fsp3) is 0.0952. The fourth-order valence-electron chi connectivity index (χ4n) is 2.60. The average molecular weight is 361 g/mol. The lowest BCUT2D eigenvalue weighted by Gasteiger charge is -2.09. The maximum Gasteiger partial charge on any atom is 0.308 e. The normalized spacial score (nSPS) is 10.7. The molecule has 0 saturated carbocycles. The van der Waals surface area contributed by atoms with E-state index in [1.165, 1.54) is 13.1 Å². The molecular formula is C21H19N3O3. The summed E-state index contributed by atoms with van der Waals surface area (Å²) in [4.78, 5) is 23.1. The highest BCUT2D eigenvalue weighted by molar-refractivity contribution is 5.95. The van der Waals surface area contributed by atoms with Gasteiger partial charge in [-0.2, -0.15) is 5.10 Å². The number of hydrogen-bond donors (Lipinski definition) is 2. The number of nitrogens with zero attached hydrogens (tertiary/aromatic N) is 1. The first-order valence-electron chi connectivity index (χ1n) is 8.44. The SMILES string of the molecule is CC(=O)Oc1ccccc1C=NNC(=O)CNc1cccc2ccccc12. The van der Waals surface area contributed by atoms with Crippen molar-refractivity contribution in [3.63, 3.8) is 0 Å². The van der Waals surface area contributed by atoms with Gasteiger partial charge in [-0.15, -0.1) is 0 Å². The number of benzene rings is 3. The fourth-order valence-corrected chi connectivity index (χ4v) is 2.60. The molecule has 6 heteroatoms. The number of hydrogen-bond acceptors (Lipinski definition) is 5. The summed E-state index contributed by atoms with van der Waals surface area (Å²) in [6, 6.07) is 20.8. The summed E-state index contributed by atoms with van der Waals surface area (Å²) < 4.78 is 5.09. The molecular weight excluding hydrogens is 342 g/mol. The van der Waals surface area contributed by atoms with Gasteiger partial charge < -0.3 is 10.1 Å². The van der Waals surface area contributed by atoms with Crippen LogP contribution >= 0.6 is 0 Å². The van der Waals surface area contributed by atoms with Gasteiger partial charge in [-0.1, -0.05) is 48.5 Å². The van der Waals surface area contributed by atoms with E-state index < -0.39 is 5.97 Å². The Bertz CT molecular complexity index is 993. The molecule has 6 nitrogen and oxygen atoms in total. The van der Waals surface area contributed by atoms with Crippen molar-refractivity contribution in [2.75, 3.05) is 11.9 Å². The number of para-hydroxylation sites is 1. The van der Waals surface area contributed by atoms with Gasteiger partial charge in [0.05, 0.1) is 12.8 Å². The monoisotopic (exact) mass is 361 g/mol. The average Bonchev–Trinajstić information content (AvgIpc) is 2.67. The van der Waals surface area contributed by atoms with E-state index in [0.29, 0.717) is 11.3 Å². The Morgan fingerprint density at radius 3 is 2.59 bits per heavy atom. The van der Waals surface area contributed by atoms with E-state index in [-0.39, 0.29) is 12.5 Å². The highest BCUT2D eigenvalue weighted by Gasteiger charge is 2.05. The molecule has 0 aromatic heterocycles. The molecule has 0 fully saturated rings. The number of carbonyl (C=O) groups is 2. The third kappa shape index (κ3) is 4.92. The van der Waals surface area contributed by atoms with Gasteiger partial charge in [-0.05, 0) is 23.6 Å². The Kier molecular flexibility index (Phi) is 5.79. The van der Waals surface area contributed by atoms with E-state index in [1.54, 1.807) is 24.3 Å². The van der Waals surface area contributed by atoms with Gasteiger partial charge in [0, 0.05) is 23.6 Å². The molecule has 136 valence electrons. The summed E-state index contributed by atoms with van der Waals surface area (Å²) in [5, 5.41) is 9.19. The number of amides is 1. The van der Waals surface area contributed by atoms with Crippen LogP contribution in [0.4, 0.5) is 5.69 Å². The highest BCUT2D eigenvalue weighted by Crippen LogP contribution is 2.22. The van der Waals surface area contributed by atoms with Crippen molar-refractivity contribution < 1.29 is 14.3 Å². The molecule has 3 rings (SSSR count). The number of hydrazone groups is 1. The molecule has 3 aromatic rings. The Morgan fingerprint density at radius 2 is 1.74 bits per heavy atom. The molecule has 3 aromatic carbocycles. The number of rotatable bonds is 6. The minimum atomic E-state index is -0.417. The summed E-state index contributed by atoms with van der Waals surface area (Å²) >= 11 is 0. The minimum Gasteiger partial charge on any atom is -0.426 e. The molecule has 0 radical (unpaired) electrons. The van der Waals surface area contributed by atoms with Gasteiger partial charge in [0.25, 0.3) is 5.91 Å². The second-order valence-electron chi connectivity index (χ2n) is 5.80. The molecule has 0 spiro atoms. The third-order valence-electron chi connectivity index (χ3n) is 3.79. The van der Waals surface area contributed by atoms with Gasteiger partial charge in [0.2, 0.25) is 0 Å². The first kappa shape index (κ1) is 18.1. The molecule has 0 aliphatic carbocycles. The predicted octanol–water partition coefficient (Wildman–Crippen LogP) is 3.33. The van der Waals surface area contributed by atoms with Gasteiger partial charge >= 0.3 is 5.97 Å². The largest absolute Gasteiger partial charge is 0.426 e. The van der Waals surface area contributed by atoms with Crippen LogP contribution in [0.15, 0.2) is 71.8 Å². The zero-order chi connectivity index (χ0) is 19.1. The summed E-state index contributed by atoms with van der Waals surface area (Å²) in [5.74, 6) is -0.319. The quantitative estimate of drug-likeness (QED) is 0.305. The van der Waals surface area contributed by atoms with E-state index in [0.717, 1.165) is 16.5 Å². The molecule has 0 heterocycles. The van der Waals surface area contributed by atoms with Crippen molar-refractivity contribution in [2.24, 2.45) is 5.10 Å². The van der Waals surface area contributed by atoms with Crippen LogP contribution in [0, 0.1) is 0 Å². The Hall–Kier alpha value is -3.67. The minimum absolute atomic E-state index is 0.0803. The van der Waals surface area contributed by atoms with Crippen molar-refractivity contribution in [1.82, 2.24) is 5.43 Å². The van der Waals surface area contributed by atoms with E-state index in [4.69, 9.17) is 4.74 Å². The second-order valence-corrected chi connectivity index (χ2v) is 5.80. The predicted molar refractivity (Wildman–Crippen MR) is 106 cm³/mol. The Morgan fingerprint density at radius 1 is 1.00 bits per heavy atom. The molecule has 2 N–H and O–H groups in total. The summed E-state index contributed by atoms with van der Waals surface area (Å²) in [6.45, 7) is 1.41. The summed E-state index contributed by atoms with van der Waals surface area (Å²) in [5.41, 5.74) is 3.93. The van der Waals surface area contributed by atoms with Crippen molar-refractivity contribution in [3.8, 4) is 5.75 Å². The number of ether oxygens (including phenoxy) is 1. The Balaban J connectivity index is 1.59. The maximum atomic E-state index is 12.0. The van der Waals surface area contributed by atoms with Gasteiger partial charge in [-0.25, -0.2) is 5.43 Å². The summed E-state index contributed by atoms with van der Waals surface area (Å²) in [6.07, 6.45) is 1.44. The van der Waals surface area contributed by atoms with Gasteiger partial charge in [0.1, 0.15) is 5.75 Å². The highest BCUT2D eigenvalue weighted by atomic mass is 16.5. The van der Waals surface area contributed by atoms with Crippen LogP contribution in [0.25, 0.3) is 10.8 Å². The zero-order valence-corrected chi connectivity index (χ0v) is 14.8. The topological polar surface area (TPSA) is 79.8 Å². The molecule has 0 aliphatic rings. The first-order chi connectivity index (χ1) is 13.1. The van der Waals surface area contributed by atoms with Crippen LogP contribution in [0.2, 0.25) is 0 Å². The van der Waals surface area contributed by atoms with Crippen LogP contribution in [0.3, 0.4) is 0 Å². The van der Waals surface area contributed by atoms with Crippen molar-refractivity contribution in [1.29, 1.82) is 0 Å². The van der Waals surface area contributed by atoms with Gasteiger partial charge in [-0.3, -0.25) is 9.59 Å². The maximum absolute atomic E-state index is 12.0. The number of nitrogens with one attached hydrogen (secondary N) is 2. The van der Waals surface area contributed by atoms with E-state index in [9.17, 15) is 9.59 Å². The number of carbonyl (C=O) groups excluding carboxylic acids is 2. The van der Waals surface area contributed by atoms with Crippen LogP contribution in [-0.2, 0) is 9.59 Å². The molecule has 0 aliphatic heterocycles. The van der Waals surface area contributed by atoms with Crippen LogP contribution in [-0.4, -0.2) is 24.6 Å². The van der Waals surface area contributed by atoms with Gasteiger partial charge in [0.15, 0.2) is 0 Å². The standard InChI is InChI=1S/C21H19N3O3/c1-15(25)27-20-12-5-3-8-17(20)13-23-24-21(26)14-22-19-11-6-9-16-7-2-4-10-18(16)19/h2-13,22H,14H2,1H3,(H,24,26). The van der Waals surface area contributed by atoms with Crippen molar-refractivity contribution >= 4 is 34.6 Å². The number of anilines is 1. The first-order valence-corrected chi connectivity index (χ1v) is 8.44. The van der Waals surface area contributed by atoms with Crippen LogP contribution in [0.1, 0.15) is 12.5 Å².